The summed E-state index contributed by atoms with van der Waals surface area (Å²) in [7, 11) is 1.75. The average molecular weight is 468 g/mol. The molecule has 0 saturated heterocycles. The number of hydrogen-bond acceptors (Lipinski definition) is 5. The second-order valence-electron chi connectivity index (χ2n) is 7.95. The highest BCUT2D eigenvalue weighted by molar-refractivity contribution is 7.98. The van der Waals surface area contributed by atoms with E-state index in [0.29, 0.717) is 40.2 Å². The fourth-order valence-corrected chi connectivity index (χ4v) is 4.87. The van der Waals surface area contributed by atoms with E-state index in [0.717, 1.165) is 18.4 Å². The molecule has 0 spiro atoms. The van der Waals surface area contributed by atoms with Crippen molar-refractivity contribution in [1.82, 2.24) is 9.55 Å². The molecular formula is C25H26FN3O3S. The normalized spacial score (nSPS) is 15.1. The highest BCUT2D eigenvalue weighted by Gasteiger charge is 2.33. The van der Waals surface area contributed by atoms with Gasteiger partial charge in [0.25, 0.3) is 5.56 Å². The molecule has 3 aromatic rings. The van der Waals surface area contributed by atoms with E-state index in [-0.39, 0.29) is 18.1 Å². The number of nitrogens with zero attached hydrogens (tertiary/aromatic N) is 2. The number of anilines is 1. The summed E-state index contributed by atoms with van der Waals surface area (Å²) in [4.78, 5) is 30.1. The maximum absolute atomic E-state index is 14.0. The molecule has 1 amide bonds. The monoisotopic (exact) mass is 467 g/mol. The number of hydrogen-bond donors (Lipinski definition) is 1. The number of benzene rings is 2. The molecule has 0 saturated carbocycles. The third kappa shape index (κ3) is 4.95. The van der Waals surface area contributed by atoms with Crippen molar-refractivity contribution in [1.29, 1.82) is 0 Å². The van der Waals surface area contributed by atoms with Crippen LogP contribution in [0.1, 0.15) is 48.8 Å². The number of halogens is 1. The van der Waals surface area contributed by atoms with Crippen molar-refractivity contribution >= 4 is 23.5 Å². The zero-order chi connectivity index (χ0) is 23.4. The quantitative estimate of drug-likeness (QED) is 0.291. The van der Waals surface area contributed by atoms with Crippen molar-refractivity contribution < 1.29 is 13.9 Å². The molecule has 0 fully saturated rings. The molecule has 1 aromatic heterocycles. The Labute approximate surface area is 196 Å². The Morgan fingerprint density at radius 2 is 1.94 bits per heavy atom. The second-order valence-corrected chi connectivity index (χ2v) is 8.89. The minimum Gasteiger partial charge on any atom is -0.493 e. The molecule has 1 N–H and O–H groups in total. The average Bonchev–Trinajstić information content (AvgIpc) is 2.81. The number of unbranched alkanes of at least 4 members (excludes halogenated alkanes) is 1. The van der Waals surface area contributed by atoms with Gasteiger partial charge in [0.1, 0.15) is 17.4 Å². The number of amides is 1. The molecule has 33 heavy (non-hydrogen) atoms. The number of para-hydroxylation sites is 1. The highest BCUT2D eigenvalue weighted by atomic mass is 32.2. The molecule has 1 aliphatic heterocycles. The Bertz CT molecular complexity index is 1230. The van der Waals surface area contributed by atoms with E-state index in [4.69, 9.17) is 4.74 Å². The van der Waals surface area contributed by atoms with Crippen LogP contribution < -0.4 is 15.6 Å². The van der Waals surface area contributed by atoms with Gasteiger partial charge in [-0.25, -0.2) is 4.39 Å². The zero-order valence-corrected chi connectivity index (χ0v) is 19.5. The van der Waals surface area contributed by atoms with Crippen LogP contribution in [0.25, 0.3) is 0 Å². The van der Waals surface area contributed by atoms with Crippen molar-refractivity contribution in [3.63, 3.8) is 0 Å². The Morgan fingerprint density at radius 3 is 2.73 bits per heavy atom. The van der Waals surface area contributed by atoms with E-state index in [9.17, 15) is 14.0 Å². The molecule has 4 rings (SSSR count). The SMILES string of the molecule is CCCCOc1ccccc1C1CC(=O)Nc2c1c(=O)nc(SCc1ccccc1F)n2C. The van der Waals surface area contributed by atoms with Crippen molar-refractivity contribution in [3.05, 3.63) is 81.4 Å². The summed E-state index contributed by atoms with van der Waals surface area (Å²) in [6, 6.07) is 14.0. The van der Waals surface area contributed by atoms with Crippen LogP contribution in [0.15, 0.2) is 58.5 Å². The number of thioether (sulfide) groups is 1. The van der Waals surface area contributed by atoms with E-state index < -0.39 is 11.5 Å². The molecule has 6 nitrogen and oxygen atoms in total. The van der Waals surface area contributed by atoms with Crippen LogP contribution in [0.5, 0.6) is 5.75 Å². The lowest BCUT2D eigenvalue weighted by atomic mass is 9.86. The van der Waals surface area contributed by atoms with Crippen LogP contribution in [-0.4, -0.2) is 22.1 Å². The minimum atomic E-state index is -0.455. The number of rotatable bonds is 8. The van der Waals surface area contributed by atoms with Crippen LogP contribution in [-0.2, 0) is 17.6 Å². The molecule has 2 heterocycles. The van der Waals surface area contributed by atoms with E-state index in [2.05, 4.69) is 17.2 Å². The highest BCUT2D eigenvalue weighted by Crippen LogP contribution is 2.39. The fourth-order valence-electron chi connectivity index (χ4n) is 3.91. The first-order chi connectivity index (χ1) is 16.0. The maximum Gasteiger partial charge on any atom is 0.279 e. The minimum absolute atomic E-state index is 0.139. The van der Waals surface area contributed by atoms with Crippen LogP contribution in [0, 0.1) is 5.82 Å². The Morgan fingerprint density at radius 1 is 1.18 bits per heavy atom. The number of carbonyl (C=O) groups excluding carboxylic acids is 1. The number of nitrogens with one attached hydrogen (secondary N) is 1. The first-order valence-electron chi connectivity index (χ1n) is 11.0. The van der Waals surface area contributed by atoms with Crippen LogP contribution in [0.3, 0.4) is 0 Å². The maximum atomic E-state index is 14.0. The van der Waals surface area contributed by atoms with Gasteiger partial charge in [-0.1, -0.05) is 61.5 Å². The van der Waals surface area contributed by atoms with Gasteiger partial charge in [-0.05, 0) is 24.1 Å². The van der Waals surface area contributed by atoms with E-state index in [1.54, 1.807) is 29.8 Å². The Kier molecular flexibility index (Phi) is 7.13. The zero-order valence-electron chi connectivity index (χ0n) is 18.6. The first-order valence-corrected chi connectivity index (χ1v) is 12.0. The summed E-state index contributed by atoms with van der Waals surface area (Å²) in [6.07, 6.45) is 2.07. The smallest absolute Gasteiger partial charge is 0.279 e. The third-order valence-electron chi connectivity index (χ3n) is 5.67. The Balaban J connectivity index is 1.70. The fraction of sp³-hybridized carbons (Fsp3) is 0.320. The van der Waals surface area contributed by atoms with Gasteiger partial charge >= 0.3 is 0 Å². The van der Waals surface area contributed by atoms with Gasteiger partial charge in [0.15, 0.2) is 5.16 Å². The lowest BCUT2D eigenvalue weighted by Gasteiger charge is -2.28. The lowest BCUT2D eigenvalue weighted by Crippen LogP contribution is -2.33. The van der Waals surface area contributed by atoms with Gasteiger partial charge in [0.2, 0.25) is 5.91 Å². The van der Waals surface area contributed by atoms with Gasteiger partial charge < -0.3 is 14.6 Å². The summed E-state index contributed by atoms with van der Waals surface area (Å²) in [5, 5.41) is 3.26. The van der Waals surface area contributed by atoms with E-state index >= 15 is 0 Å². The molecule has 1 atom stereocenters. The summed E-state index contributed by atoms with van der Waals surface area (Å²) in [6.45, 7) is 2.66. The van der Waals surface area contributed by atoms with Gasteiger partial charge in [-0.15, -0.1) is 0 Å². The molecule has 8 heteroatoms. The van der Waals surface area contributed by atoms with Crippen molar-refractivity contribution in [2.45, 2.75) is 43.0 Å². The van der Waals surface area contributed by atoms with E-state index in [1.165, 1.54) is 17.8 Å². The molecule has 0 bridgehead atoms. The summed E-state index contributed by atoms with van der Waals surface area (Å²) in [5.41, 5.74) is 1.37. The van der Waals surface area contributed by atoms with Gasteiger partial charge in [-0.2, -0.15) is 4.98 Å². The second kappa shape index (κ2) is 10.2. The molecule has 0 aliphatic carbocycles. The van der Waals surface area contributed by atoms with Gasteiger partial charge in [0.05, 0.1) is 12.2 Å². The number of fused-ring (bicyclic) bond motifs is 1. The molecule has 1 unspecified atom stereocenters. The van der Waals surface area contributed by atoms with Crippen LogP contribution in [0.4, 0.5) is 10.2 Å². The van der Waals surface area contributed by atoms with Gasteiger partial charge in [0, 0.05) is 30.7 Å². The van der Waals surface area contributed by atoms with E-state index in [1.807, 2.05) is 24.3 Å². The molecular weight excluding hydrogens is 441 g/mol. The standard InChI is InChI=1S/C25H26FN3O3S/c1-3-4-13-32-20-12-8-6-10-17(20)18-14-21(30)27-23-22(18)24(31)28-25(29(23)2)33-15-16-9-5-7-11-19(16)26/h5-12,18H,3-4,13-15H2,1-2H3,(H,27,30). The lowest BCUT2D eigenvalue weighted by molar-refractivity contribution is -0.116. The summed E-state index contributed by atoms with van der Waals surface area (Å²) >= 11 is 1.25. The van der Waals surface area contributed by atoms with Crippen molar-refractivity contribution in [2.75, 3.05) is 11.9 Å². The molecule has 172 valence electrons. The Hall–Kier alpha value is -3.13. The molecule has 1 aliphatic rings. The summed E-state index contributed by atoms with van der Waals surface area (Å²) < 4.78 is 21.7. The third-order valence-corrected chi connectivity index (χ3v) is 6.74. The molecule has 0 radical (unpaired) electrons. The predicted molar refractivity (Wildman–Crippen MR) is 127 cm³/mol. The number of carbonyl (C=O) groups is 1. The number of ether oxygens (including phenoxy) is 1. The first kappa shape index (κ1) is 23.0. The topological polar surface area (TPSA) is 73.2 Å². The predicted octanol–water partition coefficient (Wildman–Crippen LogP) is 4.86. The number of aromatic nitrogens is 2. The van der Waals surface area contributed by atoms with Crippen LogP contribution in [0.2, 0.25) is 0 Å². The van der Waals surface area contributed by atoms with Crippen molar-refractivity contribution in [2.24, 2.45) is 7.05 Å². The summed E-state index contributed by atoms with van der Waals surface area (Å²) in [5.74, 6) is 0.482. The largest absolute Gasteiger partial charge is 0.493 e. The van der Waals surface area contributed by atoms with Crippen LogP contribution >= 0.6 is 11.8 Å². The van der Waals surface area contributed by atoms with Crippen molar-refractivity contribution in [3.8, 4) is 5.75 Å². The molecule has 2 aromatic carbocycles. The van der Waals surface area contributed by atoms with Gasteiger partial charge in [-0.3, -0.25) is 9.59 Å².